The predicted molar refractivity (Wildman–Crippen MR) is 88.6 cm³/mol. The van der Waals surface area contributed by atoms with E-state index in [1.165, 1.54) is 0 Å². The molecule has 124 valence electrons. The minimum atomic E-state index is -1.14. The first-order valence-electron chi connectivity index (χ1n) is 7.67. The van der Waals surface area contributed by atoms with Gasteiger partial charge >= 0.3 is 5.97 Å². The first-order chi connectivity index (χ1) is 12.2. The van der Waals surface area contributed by atoms with Crippen LogP contribution in [-0.4, -0.2) is 41.5 Å². The molecule has 8 heteroatoms. The van der Waals surface area contributed by atoms with Crippen LogP contribution in [0, 0.1) is 0 Å². The average Bonchev–Trinajstić information content (AvgIpc) is 3.35. The number of benzene rings is 1. The number of hydrogen-bond donors (Lipinski definition) is 2. The van der Waals surface area contributed by atoms with Gasteiger partial charge in [-0.3, -0.25) is 0 Å². The summed E-state index contributed by atoms with van der Waals surface area (Å²) in [6.45, 7) is 0. The quantitative estimate of drug-likeness (QED) is 0.754. The molecule has 0 radical (unpaired) electrons. The largest absolute Gasteiger partial charge is 0.476 e. The van der Waals surface area contributed by atoms with Gasteiger partial charge in [0.15, 0.2) is 5.69 Å². The molecule has 8 nitrogen and oxygen atoms in total. The van der Waals surface area contributed by atoms with E-state index < -0.39 is 11.5 Å². The third kappa shape index (κ3) is 2.44. The number of hydrogen-bond acceptors (Lipinski definition) is 5. The van der Waals surface area contributed by atoms with Crippen LogP contribution in [0.4, 0.5) is 0 Å². The molecule has 4 rings (SSSR count). The third-order valence-electron chi connectivity index (χ3n) is 4.27. The summed E-state index contributed by atoms with van der Waals surface area (Å²) in [6.07, 6.45) is 9.59. The number of rotatable bonds is 4. The molecule has 0 fully saturated rings. The zero-order valence-corrected chi connectivity index (χ0v) is 13.1. The van der Waals surface area contributed by atoms with E-state index in [0.29, 0.717) is 12.1 Å². The number of aromatic amines is 1. The van der Waals surface area contributed by atoms with Crippen molar-refractivity contribution < 1.29 is 9.90 Å². The molecule has 0 amide bonds. The Morgan fingerprint density at radius 3 is 2.72 bits per heavy atom. The summed E-state index contributed by atoms with van der Waals surface area (Å²) in [6, 6.07) is 9.96. The van der Waals surface area contributed by atoms with E-state index in [9.17, 15) is 9.90 Å². The molecule has 1 unspecified atom stereocenters. The van der Waals surface area contributed by atoms with Crippen molar-refractivity contribution in [3.8, 4) is 0 Å². The SMILES string of the molecule is O=C(O)c1n[nH]nc1C1(n2ccnn2)C=CC(c2ccccc2)=CC1. The number of carbonyl (C=O) groups is 1. The van der Waals surface area contributed by atoms with Gasteiger partial charge in [0.1, 0.15) is 11.2 Å². The Bertz CT molecular complexity index is 958. The lowest BCUT2D eigenvalue weighted by atomic mass is 9.83. The van der Waals surface area contributed by atoms with Crippen LogP contribution in [0.5, 0.6) is 0 Å². The minimum absolute atomic E-state index is 0.128. The Balaban J connectivity index is 1.81. The molecule has 2 aromatic heterocycles. The van der Waals surface area contributed by atoms with Crippen LogP contribution in [0.3, 0.4) is 0 Å². The van der Waals surface area contributed by atoms with Gasteiger partial charge < -0.3 is 5.11 Å². The van der Waals surface area contributed by atoms with Gasteiger partial charge in [0.25, 0.3) is 0 Å². The van der Waals surface area contributed by atoms with Crippen LogP contribution in [-0.2, 0) is 5.54 Å². The van der Waals surface area contributed by atoms with Crippen molar-refractivity contribution >= 4 is 11.5 Å². The Labute approximate surface area is 142 Å². The van der Waals surface area contributed by atoms with Crippen LogP contribution < -0.4 is 0 Å². The van der Waals surface area contributed by atoms with Crippen molar-refractivity contribution in [1.82, 2.24) is 30.4 Å². The highest BCUT2D eigenvalue weighted by Crippen LogP contribution is 2.37. The summed E-state index contributed by atoms with van der Waals surface area (Å²) < 4.78 is 1.60. The smallest absolute Gasteiger partial charge is 0.358 e. The molecule has 3 aromatic rings. The molecule has 25 heavy (non-hydrogen) atoms. The molecule has 0 spiro atoms. The van der Waals surface area contributed by atoms with Gasteiger partial charge in [-0.2, -0.15) is 10.3 Å². The van der Waals surface area contributed by atoms with Gasteiger partial charge in [-0.25, -0.2) is 9.48 Å². The predicted octanol–water partition coefficient (Wildman–Crippen LogP) is 1.88. The Morgan fingerprint density at radius 2 is 2.08 bits per heavy atom. The zero-order valence-electron chi connectivity index (χ0n) is 13.1. The van der Waals surface area contributed by atoms with E-state index in [1.807, 2.05) is 48.6 Å². The average molecular weight is 334 g/mol. The third-order valence-corrected chi connectivity index (χ3v) is 4.27. The van der Waals surface area contributed by atoms with Gasteiger partial charge in [-0.15, -0.1) is 10.2 Å². The number of allylic oxidation sites excluding steroid dienone is 4. The summed E-state index contributed by atoms with van der Waals surface area (Å²) in [7, 11) is 0. The molecule has 1 aliphatic carbocycles. The number of nitrogens with zero attached hydrogens (tertiary/aromatic N) is 5. The molecular formula is C17H14N6O2. The fourth-order valence-corrected chi connectivity index (χ4v) is 3.03. The van der Waals surface area contributed by atoms with E-state index in [4.69, 9.17) is 0 Å². The fourth-order valence-electron chi connectivity index (χ4n) is 3.03. The van der Waals surface area contributed by atoms with E-state index >= 15 is 0 Å². The molecule has 0 saturated carbocycles. The standard InChI is InChI=1S/C17H14N6O2/c24-16(25)14-15(20-21-19-14)17(23-11-10-18-22-23)8-6-13(7-9-17)12-4-2-1-3-5-12/h1-8,10-11H,9H2,(H,24,25)(H,19,20,21). The number of aromatic nitrogens is 6. The molecule has 0 bridgehead atoms. The van der Waals surface area contributed by atoms with E-state index in [0.717, 1.165) is 11.1 Å². The summed E-state index contributed by atoms with van der Waals surface area (Å²) >= 11 is 0. The molecule has 0 aliphatic heterocycles. The maximum absolute atomic E-state index is 11.5. The second kappa shape index (κ2) is 5.82. The van der Waals surface area contributed by atoms with Crippen molar-refractivity contribution in [2.45, 2.75) is 12.0 Å². The van der Waals surface area contributed by atoms with Crippen LogP contribution in [0.2, 0.25) is 0 Å². The van der Waals surface area contributed by atoms with Crippen LogP contribution >= 0.6 is 0 Å². The summed E-state index contributed by atoms with van der Waals surface area (Å²) in [5, 5.41) is 27.6. The van der Waals surface area contributed by atoms with Crippen LogP contribution in [0.1, 0.15) is 28.2 Å². The molecule has 1 aliphatic rings. The van der Waals surface area contributed by atoms with Crippen LogP contribution in [0.15, 0.2) is 61.0 Å². The summed E-state index contributed by atoms with van der Waals surface area (Å²) in [5.41, 5.74) is 1.42. The number of aromatic carboxylic acids is 1. The number of nitrogens with one attached hydrogen (secondary N) is 1. The number of carboxylic acids is 1. The Morgan fingerprint density at radius 1 is 1.24 bits per heavy atom. The van der Waals surface area contributed by atoms with Crippen molar-refractivity contribution in [2.75, 3.05) is 0 Å². The molecule has 0 saturated heterocycles. The molecule has 1 aromatic carbocycles. The van der Waals surface area contributed by atoms with E-state index in [2.05, 4.69) is 25.7 Å². The van der Waals surface area contributed by atoms with E-state index in [1.54, 1.807) is 17.1 Å². The first kappa shape index (κ1) is 15.0. The second-order valence-electron chi connectivity index (χ2n) is 5.66. The highest BCUT2D eigenvalue weighted by molar-refractivity contribution is 5.87. The topological polar surface area (TPSA) is 110 Å². The van der Waals surface area contributed by atoms with Gasteiger partial charge in [0, 0.05) is 12.6 Å². The minimum Gasteiger partial charge on any atom is -0.476 e. The van der Waals surface area contributed by atoms with Gasteiger partial charge in [0.05, 0.1) is 6.20 Å². The zero-order chi connectivity index (χ0) is 17.3. The Kier molecular flexibility index (Phi) is 3.50. The van der Waals surface area contributed by atoms with Gasteiger partial charge in [-0.05, 0) is 17.2 Å². The van der Waals surface area contributed by atoms with Crippen LogP contribution in [0.25, 0.3) is 5.57 Å². The molecular weight excluding hydrogens is 320 g/mol. The van der Waals surface area contributed by atoms with E-state index in [-0.39, 0.29) is 5.69 Å². The maximum atomic E-state index is 11.5. The second-order valence-corrected chi connectivity index (χ2v) is 5.66. The lowest BCUT2D eigenvalue weighted by Gasteiger charge is -2.30. The van der Waals surface area contributed by atoms with Crippen molar-refractivity contribution in [3.63, 3.8) is 0 Å². The fraction of sp³-hybridized carbons (Fsp3) is 0.118. The highest BCUT2D eigenvalue weighted by atomic mass is 16.4. The van der Waals surface area contributed by atoms with Crippen molar-refractivity contribution in [1.29, 1.82) is 0 Å². The Hall–Kier alpha value is -3.55. The lowest BCUT2D eigenvalue weighted by molar-refractivity contribution is 0.0687. The van der Waals surface area contributed by atoms with Gasteiger partial charge in [0.2, 0.25) is 0 Å². The monoisotopic (exact) mass is 334 g/mol. The lowest BCUT2D eigenvalue weighted by Crippen LogP contribution is -2.36. The van der Waals surface area contributed by atoms with Crippen molar-refractivity contribution in [2.24, 2.45) is 0 Å². The van der Waals surface area contributed by atoms with Crippen molar-refractivity contribution in [3.05, 3.63) is 77.9 Å². The summed E-state index contributed by atoms with van der Waals surface area (Å²) in [4.78, 5) is 11.5. The number of H-pyrrole nitrogens is 1. The normalized spacial score (nSPS) is 19.6. The maximum Gasteiger partial charge on any atom is 0.358 e. The molecule has 1 atom stereocenters. The van der Waals surface area contributed by atoms with Gasteiger partial charge in [-0.1, -0.05) is 47.7 Å². The number of carboxylic acid groups (broad SMARTS) is 1. The summed E-state index contributed by atoms with van der Waals surface area (Å²) in [5.74, 6) is -1.14. The highest BCUT2D eigenvalue weighted by Gasteiger charge is 2.40. The molecule has 2 heterocycles. The molecule has 2 N–H and O–H groups in total. The first-order valence-corrected chi connectivity index (χ1v) is 7.67.